The van der Waals surface area contributed by atoms with Gasteiger partial charge in [0.1, 0.15) is 6.10 Å². The molecule has 1 unspecified atom stereocenters. The maximum atomic E-state index is 5.94. The van der Waals surface area contributed by atoms with Gasteiger partial charge in [-0.1, -0.05) is 19.4 Å². The molecule has 1 heterocycles. The minimum atomic E-state index is 0.279. The molecule has 3 nitrogen and oxygen atoms in total. The van der Waals surface area contributed by atoms with E-state index in [-0.39, 0.29) is 6.10 Å². The van der Waals surface area contributed by atoms with Crippen LogP contribution >= 0.6 is 0 Å². The zero-order valence-electron chi connectivity index (χ0n) is 10.7. The number of aryl methyl sites for hydroxylation is 1. The summed E-state index contributed by atoms with van der Waals surface area (Å²) in [5.74, 6) is 1.71. The maximum Gasteiger partial charge on any atom is 0.161 e. The number of methoxy groups -OCH3 is 1. The molecule has 1 N–H and O–H groups in total. The predicted octanol–water partition coefficient (Wildman–Crippen LogP) is 2.39. The van der Waals surface area contributed by atoms with Crippen molar-refractivity contribution in [3.05, 3.63) is 23.8 Å². The topological polar surface area (TPSA) is 30.5 Å². The Hall–Kier alpha value is -1.22. The van der Waals surface area contributed by atoms with Crippen LogP contribution in [-0.2, 0) is 6.42 Å². The van der Waals surface area contributed by atoms with Gasteiger partial charge >= 0.3 is 0 Å². The summed E-state index contributed by atoms with van der Waals surface area (Å²) < 4.78 is 11.3. The molecule has 1 aromatic carbocycles. The maximum absolute atomic E-state index is 5.94. The first-order valence-corrected chi connectivity index (χ1v) is 6.37. The molecule has 1 saturated heterocycles. The standard InChI is InChI=1S/C14H21NO2/c1-3-4-11-5-6-13(14(9-11)16-2)17-12-7-8-15-10-12/h5-6,9,12,15H,3-4,7-8,10H2,1-2H3. The molecule has 3 heteroatoms. The summed E-state index contributed by atoms with van der Waals surface area (Å²) in [6, 6.07) is 6.24. The van der Waals surface area contributed by atoms with Crippen LogP contribution in [0.15, 0.2) is 18.2 Å². The molecule has 1 aromatic rings. The summed E-state index contributed by atoms with van der Waals surface area (Å²) in [4.78, 5) is 0. The molecule has 0 aromatic heterocycles. The Morgan fingerprint density at radius 2 is 2.24 bits per heavy atom. The molecule has 0 saturated carbocycles. The summed E-state index contributed by atoms with van der Waals surface area (Å²) in [5, 5.41) is 3.30. The van der Waals surface area contributed by atoms with E-state index < -0.39 is 0 Å². The average molecular weight is 235 g/mol. The van der Waals surface area contributed by atoms with Crippen LogP contribution in [0, 0.1) is 0 Å². The Morgan fingerprint density at radius 1 is 1.35 bits per heavy atom. The highest BCUT2D eigenvalue weighted by Crippen LogP contribution is 2.30. The van der Waals surface area contributed by atoms with Gasteiger partial charge in [-0.2, -0.15) is 0 Å². The molecular formula is C14H21NO2. The Kier molecular flexibility index (Phi) is 4.26. The number of benzene rings is 1. The van der Waals surface area contributed by atoms with Gasteiger partial charge in [0.15, 0.2) is 11.5 Å². The van der Waals surface area contributed by atoms with Gasteiger partial charge < -0.3 is 14.8 Å². The number of ether oxygens (including phenoxy) is 2. The summed E-state index contributed by atoms with van der Waals surface area (Å²) in [6.45, 7) is 4.15. The molecule has 0 amide bonds. The molecular weight excluding hydrogens is 214 g/mol. The van der Waals surface area contributed by atoms with Crippen molar-refractivity contribution in [3.8, 4) is 11.5 Å². The normalized spacial score (nSPS) is 19.3. The molecule has 0 aliphatic carbocycles. The van der Waals surface area contributed by atoms with Crippen molar-refractivity contribution in [3.63, 3.8) is 0 Å². The third-order valence-corrected chi connectivity index (χ3v) is 3.08. The van der Waals surface area contributed by atoms with E-state index in [0.717, 1.165) is 43.9 Å². The number of hydrogen-bond donors (Lipinski definition) is 1. The van der Waals surface area contributed by atoms with Crippen LogP contribution in [0.2, 0.25) is 0 Å². The molecule has 0 bridgehead atoms. The van der Waals surface area contributed by atoms with E-state index in [1.165, 1.54) is 5.56 Å². The summed E-state index contributed by atoms with van der Waals surface area (Å²) in [5.41, 5.74) is 1.31. The van der Waals surface area contributed by atoms with Gasteiger partial charge in [0.2, 0.25) is 0 Å². The zero-order valence-corrected chi connectivity index (χ0v) is 10.7. The second-order valence-electron chi connectivity index (χ2n) is 4.47. The van der Waals surface area contributed by atoms with E-state index in [9.17, 15) is 0 Å². The number of hydrogen-bond acceptors (Lipinski definition) is 3. The third kappa shape index (κ3) is 3.13. The van der Waals surface area contributed by atoms with Crippen LogP contribution in [-0.4, -0.2) is 26.3 Å². The first kappa shape index (κ1) is 12.2. The molecule has 94 valence electrons. The average Bonchev–Trinajstić information content (AvgIpc) is 2.84. The SMILES string of the molecule is CCCc1ccc(OC2CCNC2)c(OC)c1. The van der Waals surface area contributed by atoms with E-state index >= 15 is 0 Å². The minimum absolute atomic E-state index is 0.279. The highest BCUT2D eigenvalue weighted by molar-refractivity contribution is 5.43. The molecule has 0 spiro atoms. The van der Waals surface area contributed by atoms with Crippen LogP contribution in [0.5, 0.6) is 11.5 Å². The monoisotopic (exact) mass is 235 g/mol. The summed E-state index contributed by atoms with van der Waals surface area (Å²) in [6.07, 6.45) is 3.58. The van der Waals surface area contributed by atoms with Crippen molar-refractivity contribution in [2.75, 3.05) is 20.2 Å². The van der Waals surface area contributed by atoms with Gasteiger partial charge in [0.25, 0.3) is 0 Å². The van der Waals surface area contributed by atoms with Crippen LogP contribution in [0.3, 0.4) is 0 Å². The largest absolute Gasteiger partial charge is 0.493 e. The predicted molar refractivity (Wildman–Crippen MR) is 68.9 cm³/mol. The Labute approximate surface area is 103 Å². The van der Waals surface area contributed by atoms with Crippen molar-refractivity contribution in [2.24, 2.45) is 0 Å². The third-order valence-electron chi connectivity index (χ3n) is 3.08. The lowest BCUT2D eigenvalue weighted by atomic mass is 10.1. The molecule has 2 rings (SSSR count). The highest BCUT2D eigenvalue weighted by atomic mass is 16.5. The fourth-order valence-corrected chi connectivity index (χ4v) is 2.16. The Morgan fingerprint density at radius 3 is 2.88 bits per heavy atom. The molecule has 1 aliphatic rings. The van der Waals surface area contributed by atoms with Crippen molar-refractivity contribution >= 4 is 0 Å². The summed E-state index contributed by atoms with van der Waals surface area (Å²) >= 11 is 0. The van der Waals surface area contributed by atoms with Gasteiger partial charge in [0.05, 0.1) is 7.11 Å². The van der Waals surface area contributed by atoms with Crippen LogP contribution in [0.1, 0.15) is 25.3 Å². The first-order chi connectivity index (χ1) is 8.33. The van der Waals surface area contributed by atoms with Crippen LogP contribution < -0.4 is 14.8 Å². The van der Waals surface area contributed by atoms with Gasteiger partial charge in [-0.25, -0.2) is 0 Å². The molecule has 0 radical (unpaired) electrons. The molecule has 17 heavy (non-hydrogen) atoms. The second kappa shape index (κ2) is 5.92. The van der Waals surface area contributed by atoms with Gasteiger partial charge in [-0.05, 0) is 37.1 Å². The number of rotatable bonds is 5. The lowest BCUT2D eigenvalue weighted by Crippen LogP contribution is -2.19. The van der Waals surface area contributed by atoms with E-state index in [1.807, 2.05) is 6.07 Å². The van der Waals surface area contributed by atoms with Crippen molar-refractivity contribution < 1.29 is 9.47 Å². The minimum Gasteiger partial charge on any atom is -0.493 e. The van der Waals surface area contributed by atoms with E-state index in [1.54, 1.807) is 7.11 Å². The van der Waals surface area contributed by atoms with Crippen LogP contribution in [0.4, 0.5) is 0 Å². The van der Waals surface area contributed by atoms with Gasteiger partial charge in [0, 0.05) is 6.54 Å². The fourth-order valence-electron chi connectivity index (χ4n) is 2.16. The highest BCUT2D eigenvalue weighted by Gasteiger charge is 2.17. The summed E-state index contributed by atoms with van der Waals surface area (Å²) in [7, 11) is 1.70. The quantitative estimate of drug-likeness (QED) is 0.850. The number of nitrogens with one attached hydrogen (secondary N) is 1. The molecule has 1 aliphatic heterocycles. The molecule has 1 atom stereocenters. The van der Waals surface area contributed by atoms with E-state index in [4.69, 9.17) is 9.47 Å². The van der Waals surface area contributed by atoms with E-state index in [2.05, 4.69) is 24.4 Å². The van der Waals surface area contributed by atoms with E-state index in [0.29, 0.717) is 0 Å². The second-order valence-corrected chi connectivity index (χ2v) is 4.47. The van der Waals surface area contributed by atoms with Crippen LogP contribution in [0.25, 0.3) is 0 Å². The Balaban J connectivity index is 2.09. The van der Waals surface area contributed by atoms with Crippen molar-refractivity contribution in [1.82, 2.24) is 5.32 Å². The first-order valence-electron chi connectivity index (χ1n) is 6.37. The van der Waals surface area contributed by atoms with Crippen molar-refractivity contribution in [2.45, 2.75) is 32.3 Å². The zero-order chi connectivity index (χ0) is 12.1. The molecule has 1 fully saturated rings. The smallest absolute Gasteiger partial charge is 0.161 e. The van der Waals surface area contributed by atoms with Crippen molar-refractivity contribution in [1.29, 1.82) is 0 Å². The lowest BCUT2D eigenvalue weighted by molar-refractivity contribution is 0.212. The lowest BCUT2D eigenvalue weighted by Gasteiger charge is -2.16. The fraction of sp³-hybridized carbons (Fsp3) is 0.571. The Bertz CT molecular complexity index is 359. The van der Waals surface area contributed by atoms with Gasteiger partial charge in [-0.3, -0.25) is 0 Å². The van der Waals surface area contributed by atoms with Gasteiger partial charge in [-0.15, -0.1) is 0 Å².